The molecule has 0 atom stereocenters. The first-order valence-corrected chi connectivity index (χ1v) is 6.18. The van der Waals surface area contributed by atoms with Crippen LogP contribution in [0.3, 0.4) is 0 Å². The number of halogens is 1. The zero-order valence-corrected chi connectivity index (χ0v) is 9.77. The van der Waals surface area contributed by atoms with Crippen LogP contribution in [0.15, 0.2) is 33.5 Å². The normalized spacial score (nSPS) is 14.7. The zero-order valence-electron chi connectivity index (χ0n) is 8.20. The van der Waals surface area contributed by atoms with Gasteiger partial charge in [-0.2, -0.15) is 0 Å². The summed E-state index contributed by atoms with van der Waals surface area (Å²) in [6, 6.07) is 7.21. The van der Waals surface area contributed by atoms with E-state index >= 15 is 0 Å². The topological polar surface area (TPSA) is 30.2 Å². The summed E-state index contributed by atoms with van der Waals surface area (Å²) in [5.74, 6) is 0.743. The second kappa shape index (κ2) is 3.68. The maximum atomic E-state index is 12.2. The molecule has 0 unspecified atom stereocenters. The minimum Gasteiger partial charge on any atom is -0.456 e. The Hall–Kier alpha value is -1.19. The predicted octanol–water partition coefficient (Wildman–Crippen LogP) is 1.62. The molecular weight excluding hydrogens is 244 g/mol. The lowest BCUT2D eigenvalue weighted by molar-refractivity contribution is 0.558. The molecule has 0 bridgehead atoms. The molecule has 0 saturated heterocycles. The van der Waals surface area contributed by atoms with Crippen molar-refractivity contribution in [2.24, 2.45) is 0 Å². The van der Waals surface area contributed by atoms with Gasteiger partial charge in [-0.05, 0) is 18.2 Å². The van der Waals surface area contributed by atoms with Gasteiger partial charge in [0.15, 0.2) is 0 Å². The summed E-state index contributed by atoms with van der Waals surface area (Å²) >= 11 is 7.50. The molecule has 2 nitrogen and oxygen atoms in total. The van der Waals surface area contributed by atoms with E-state index in [2.05, 4.69) is 0 Å². The first-order valence-electron chi connectivity index (χ1n) is 4.82. The van der Waals surface area contributed by atoms with E-state index in [1.165, 1.54) is 11.8 Å². The summed E-state index contributed by atoms with van der Waals surface area (Å²) in [6.45, 7) is 0. The van der Waals surface area contributed by atoms with Gasteiger partial charge in [0, 0.05) is 5.75 Å². The minimum atomic E-state index is -0.0506. The lowest BCUT2D eigenvalue weighted by atomic mass is 10.2. The highest BCUT2D eigenvalue weighted by atomic mass is 35.5. The second-order valence-corrected chi connectivity index (χ2v) is 5.09. The standard InChI is InChI=1S/C12H7ClO2S/c13-12-10-9(5-6-16-12)15-8-4-2-1-3-7(8)11(10)14/h1-5H,6H2. The molecule has 1 aliphatic rings. The fourth-order valence-electron chi connectivity index (χ4n) is 1.75. The Morgan fingerprint density at radius 3 is 3.00 bits per heavy atom. The molecule has 0 fully saturated rings. The fourth-order valence-corrected chi connectivity index (χ4v) is 2.84. The van der Waals surface area contributed by atoms with E-state index in [0.29, 0.717) is 26.0 Å². The van der Waals surface area contributed by atoms with Crippen LogP contribution in [0.5, 0.6) is 0 Å². The van der Waals surface area contributed by atoms with E-state index in [1.54, 1.807) is 12.1 Å². The van der Waals surface area contributed by atoms with Gasteiger partial charge in [-0.1, -0.05) is 23.7 Å². The van der Waals surface area contributed by atoms with Gasteiger partial charge in [0.05, 0.1) is 15.0 Å². The van der Waals surface area contributed by atoms with Crippen molar-refractivity contribution >= 4 is 44.8 Å². The fraction of sp³-hybridized carbons (Fsp3) is 0.0833. The Morgan fingerprint density at radius 1 is 1.31 bits per heavy atom. The summed E-state index contributed by atoms with van der Waals surface area (Å²) in [5.41, 5.74) is 1.15. The van der Waals surface area contributed by atoms with Crippen LogP contribution in [0.4, 0.5) is 0 Å². The summed E-state index contributed by atoms with van der Waals surface area (Å²) in [4.78, 5) is 12.2. The van der Waals surface area contributed by atoms with Crippen LogP contribution in [-0.2, 0) is 0 Å². The first kappa shape index (κ1) is 10.00. The third kappa shape index (κ3) is 1.39. The molecule has 0 N–H and O–H groups in total. The van der Waals surface area contributed by atoms with Crippen molar-refractivity contribution in [1.82, 2.24) is 0 Å². The summed E-state index contributed by atoms with van der Waals surface area (Å²) in [7, 11) is 0. The van der Waals surface area contributed by atoms with Gasteiger partial charge in [-0.15, -0.1) is 11.8 Å². The first-order chi connectivity index (χ1) is 7.77. The van der Waals surface area contributed by atoms with Crippen LogP contribution in [0.25, 0.3) is 21.4 Å². The molecule has 1 aliphatic heterocycles. The highest BCUT2D eigenvalue weighted by Gasteiger charge is 2.10. The number of hydrogen-bond donors (Lipinski definition) is 0. The molecule has 3 rings (SSSR count). The van der Waals surface area contributed by atoms with Crippen molar-refractivity contribution in [3.05, 3.63) is 45.1 Å². The monoisotopic (exact) mass is 250 g/mol. The number of fused-ring (bicyclic) bond motifs is 2. The van der Waals surface area contributed by atoms with Crippen LogP contribution in [-0.4, -0.2) is 5.75 Å². The Morgan fingerprint density at radius 2 is 2.12 bits per heavy atom. The van der Waals surface area contributed by atoms with Crippen molar-refractivity contribution in [2.75, 3.05) is 5.75 Å². The molecule has 16 heavy (non-hydrogen) atoms. The molecule has 0 radical (unpaired) electrons. The average molecular weight is 251 g/mol. The van der Waals surface area contributed by atoms with Crippen LogP contribution < -0.4 is 16.1 Å². The molecule has 1 aromatic carbocycles. The lowest BCUT2D eigenvalue weighted by Crippen LogP contribution is -2.41. The molecule has 0 aliphatic carbocycles. The van der Waals surface area contributed by atoms with Crippen LogP contribution in [0.2, 0.25) is 0 Å². The van der Waals surface area contributed by atoms with E-state index in [1.807, 2.05) is 18.2 Å². The van der Waals surface area contributed by atoms with Gasteiger partial charge in [-0.3, -0.25) is 4.79 Å². The third-order valence-electron chi connectivity index (χ3n) is 2.50. The number of rotatable bonds is 0. The van der Waals surface area contributed by atoms with Crippen molar-refractivity contribution in [1.29, 1.82) is 0 Å². The maximum Gasteiger partial charge on any atom is 0.202 e. The largest absolute Gasteiger partial charge is 0.456 e. The molecule has 2 aromatic rings. The highest BCUT2D eigenvalue weighted by Crippen LogP contribution is 2.20. The van der Waals surface area contributed by atoms with E-state index in [-0.39, 0.29) is 5.43 Å². The Bertz CT molecular complexity index is 746. The summed E-state index contributed by atoms with van der Waals surface area (Å²) in [5, 5.41) is 1.08. The average Bonchev–Trinajstić information content (AvgIpc) is 2.29. The summed E-state index contributed by atoms with van der Waals surface area (Å²) in [6.07, 6.45) is 1.89. The highest BCUT2D eigenvalue weighted by molar-refractivity contribution is 8.10. The SMILES string of the molecule is O=c1c2c(oc3ccccc13)=CCSC=2Cl. The van der Waals surface area contributed by atoms with Gasteiger partial charge in [-0.25, -0.2) is 0 Å². The maximum absolute atomic E-state index is 12.2. The van der Waals surface area contributed by atoms with E-state index in [9.17, 15) is 4.79 Å². The van der Waals surface area contributed by atoms with Crippen molar-refractivity contribution in [3.63, 3.8) is 0 Å². The molecule has 2 heterocycles. The predicted molar refractivity (Wildman–Crippen MR) is 67.9 cm³/mol. The molecule has 4 heteroatoms. The van der Waals surface area contributed by atoms with Crippen LogP contribution >= 0.6 is 23.4 Å². The lowest BCUT2D eigenvalue weighted by Gasteiger charge is -2.04. The minimum absolute atomic E-state index is 0.0506. The van der Waals surface area contributed by atoms with E-state index in [0.717, 1.165) is 5.75 Å². The molecule has 0 spiro atoms. The Labute approximate surface area is 100 Å². The van der Waals surface area contributed by atoms with Crippen molar-refractivity contribution in [2.45, 2.75) is 0 Å². The molecule has 0 amide bonds. The second-order valence-electron chi connectivity index (χ2n) is 3.46. The summed E-state index contributed by atoms with van der Waals surface area (Å²) < 4.78 is 6.19. The molecule has 0 saturated carbocycles. The number of thioether (sulfide) groups is 1. The Kier molecular flexibility index (Phi) is 2.30. The molecule has 80 valence electrons. The van der Waals surface area contributed by atoms with Gasteiger partial charge in [0.2, 0.25) is 5.43 Å². The number of para-hydroxylation sites is 1. The molecular formula is C12H7ClO2S. The van der Waals surface area contributed by atoms with E-state index < -0.39 is 0 Å². The van der Waals surface area contributed by atoms with E-state index in [4.69, 9.17) is 16.0 Å². The van der Waals surface area contributed by atoms with Crippen LogP contribution in [0, 0.1) is 0 Å². The van der Waals surface area contributed by atoms with Gasteiger partial charge in [0.1, 0.15) is 11.0 Å². The van der Waals surface area contributed by atoms with Gasteiger partial charge < -0.3 is 4.42 Å². The Balaban J connectivity index is 2.68. The van der Waals surface area contributed by atoms with Crippen molar-refractivity contribution in [3.8, 4) is 0 Å². The van der Waals surface area contributed by atoms with Crippen LogP contribution in [0.1, 0.15) is 0 Å². The number of hydrogen-bond acceptors (Lipinski definition) is 3. The van der Waals surface area contributed by atoms with Crippen molar-refractivity contribution < 1.29 is 4.42 Å². The van der Waals surface area contributed by atoms with Gasteiger partial charge >= 0.3 is 0 Å². The number of benzene rings is 1. The van der Waals surface area contributed by atoms with Gasteiger partial charge in [0.25, 0.3) is 0 Å². The smallest absolute Gasteiger partial charge is 0.202 e. The molecule has 1 aromatic heterocycles. The quantitative estimate of drug-likeness (QED) is 0.712. The third-order valence-corrected chi connectivity index (χ3v) is 3.81. The zero-order chi connectivity index (χ0) is 11.1.